The SMILES string of the molecule is N[C@H]1CCCN(c2ccnc3ccsc23)C1. The highest BCUT2D eigenvalue weighted by molar-refractivity contribution is 7.17. The number of nitrogens with two attached hydrogens (primary N) is 1. The number of aromatic nitrogens is 1. The van der Waals surface area contributed by atoms with E-state index >= 15 is 0 Å². The molecule has 0 aliphatic carbocycles. The smallest absolute Gasteiger partial charge is 0.0830 e. The molecule has 2 aromatic rings. The number of hydrogen-bond acceptors (Lipinski definition) is 4. The molecule has 3 rings (SSSR count). The molecule has 2 aromatic heterocycles. The van der Waals surface area contributed by atoms with E-state index in [-0.39, 0.29) is 0 Å². The number of rotatable bonds is 1. The zero-order valence-electron chi connectivity index (χ0n) is 9.10. The van der Waals surface area contributed by atoms with Gasteiger partial charge < -0.3 is 10.6 Å². The molecule has 1 saturated heterocycles. The molecular weight excluding hydrogens is 218 g/mol. The van der Waals surface area contributed by atoms with Crippen molar-refractivity contribution >= 4 is 27.2 Å². The van der Waals surface area contributed by atoms with Crippen molar-refractivity contribution in [2.24, 2.45) is 5.73 Å². The Labute approximate surface area is 98.9 Å². The van der Waals surface area contributed by atoms with Gasteiger partial charge in [-0.15, -0.1) is 11.3 Å². The molecule has 1 fully saturated rings. The van der Waals surface area contributed by atoms with Crippen LogP contribution in [0.5, 0.6) is 0 Å². The third-order valence-electron chi connectivity index (χ3n) is 3.12. The Balaban J connectivity index is 2.01. The van der Waals surface area contributed by atoms with Gasteiger partial charge in [0.15, 0.2) is 0 Å². The Kier molecular flexibility index (Phi) is 2.53. The molecule has 1 atom stereocenters. The molecule has 16 heavy (non-hydrogen) atoms. The van der Waals surface area contributed by atoms with Crippen molar-refractivity contribution in [2.75, 3.05) is 18.0 Å². The Morgan fingerprint density at radius 1 is 1.44 bits per heavy atom. The van der Waals surface area contributed by atoms with Gasteiger partial charge in [0.1, 0.15) is 0 Å². The van der Waals surface area contributed by atoms with Crippen LogP contribution in [0.1, 0.15) is 12.8 Å². The van der Waals surface area contributed by atoms with E-state index in [2.05, 4.69) is 27.4 Å². The van der Waals surface area contributed by atoms with E-state index in [0.29, 0.717) is 6.04 Å². The third kappa shape index (κ3) is 1.68. The lowest BCUT2D eigenvalue weighted by Gasteiger charge is -2.32. The lowest BCUT2D eigenvalue weighted by molar-refractivity contribution is 0.507. The van der Waals surface area contributed by atoms with E-state index in [0.717, 1.165) is 25.0 Å². The van der Waals surface area contributed by atoms with Gasteiger partial charge in [-0.25, -0.2) is 0 Å². The zero-order valence-corrected chi connectivity index (χ0v) is 9.91. The molecule has 2 N–H and O–H groups in total. The van der Waals surface area contributed by atoms with Crippen LogP contribution < -0.4 is 10.6 Å². The monoisotopic (exact) mass is 233 g/mol. The summed E-state index contributed by atoms with van der Waals surface area (Å²) in [5.41, 5.74) is 8.43. The predicted octanol–water partition coefficient (Wildman–Crippen LogP) is 2.22. The fourth-order valence-corrected chi connectivity index (χ4v) is 3.23. The summed E-state index contributed by atoms with van der Waals surface area (Å²) in [6.07, 6.45) is 4.23. The molecule has 0 saturated carbocycles. The molecule has 1 aliphatic rings. The minimum atomic E-state index is 0.317. The summed E-state index contributed by atoms with van der Waals surface area (Å²) in [5.74, 6) is 0. The normalized spacial score (nSPS) is 21.6. The second kappa shape index (κ2) is 4.03. The van der Waals surface area contributed by atoms with Gasteiger partial charge in [-0.1, -0.05) is 0 Å². The van der Waals surface area contributed by atoms with E-state index < -0.39 is 0 Å². The Bertz CT molecular complexity index is 494. The van der Waals surface area contributed by atoms with Crippen LogP contribution in [0.15, 0.2) is 23.7 Å². The molecule has 4 heteroatoms. The third-order valence-corrected chi connectivity index (χ3v) is 4.05. The van der Waals surface area contributed by atoms with Crippen LogP contribution in [0.2, 0.25) is 0 Å². The number of piperidine rings is 1. The van der Waals surface area contributed by atoms with Crippen LogP contribution in [0.25, 0.3) is 10.2 Å². The summed E-state index contributed by atoms with van der Waals surface area (Å²) in [4.78, 5) is 6.77. The molecule has 0 unspecified atom stereocenters. The van der Waals surface area contributed by atoms with Crippen molar-refractivity contribution in [2.45, 2.75) is 18.9 Å². The summed E-state index contributed by atoms with van der Waals surface area (Å²) < 4.78 is 1.29. The van der Waals surface area contributed by atoms with Crippen LogP contribution in [0.4, 0.5) is 5.69 Å². The Morgan fingerprint density at radius 2 is 2.38 bits per heavy atom. The number of fused-ring (bicyclic) bond motifs is 1. The van der Waals surface area contributed by atoms with Gasteiger partial charge in [0.25, 0.3) is 0 Å². The first-order valence-corrected chi connectivity index (χ1v) is 6.55. The van der Waals surface area contributed by atoms with Crippen LogP contribution in [-0.2, 0) is 0 Å². The quantitative estimate of drug-likeness (QED) is 0.821. The highest BCUT2D eigenvalue weighted by Gasteiger charge is 2.18. The lowest BCUT2D eigenvalue weighted by Crippen LogP contribution is -2.42. The van der Waals surface area contributed by atoms with E-state index in [1.807, 2.05) is 6.20 Å². The number of hydrogen-bond donors (Lipinski definition) is 1. The average Bonchev–Trinajstić information content (AvgIpc) is 2.76. The molecule has 3 heterocycles. The largest absolute Gasteiger partial charge is 0.369 e. The summed E-state index contributed by atoms with van der Waals surface area (Å²) in [5, 5.41) is 2.10. The van der Waals surface area contributed by atoms with Crippen molar-refractivity contribution < 1.29 is 0 Å². The maximum Gasteiger partial charge on any atom is 0.0830 e. The second-order valence-corrected chi connectivity index (χ2v) is 5.23. The minimum absolute atomic E-state index is 0.317. The molecule has 0 bridgehead atoms. The highest BCUT2D eigenvalue weighted by Crippen LogP contribution is 2.31. The molecule has 84 valence electrons. The van der Waals surface area contributed by atoms with E-state index in [4.69, 9.17) is 5.73 Å². The summed E-state index contributed by atoms with van der Waals surface area (Å²) in [6.45, 7) is 2.09. The standard InChI is InChI=1S/C12H15N3S/c13-9-2-1-6-15(8-9)11-3-5-14-10-4-7-16-12(10)11/h3-5,7,9H,1-2,6,8,13H2/t9-/m0/s1. The summed E-state index contributed by atoms with van der Waals surface area (Å²) in [6, 6.07) is 4.50. The van der Waals surface area contributed by atoms with Crippen molar-refractivity contribution in [3.63, 3.8) is 0 Å². The van der Waals surface area contributed by atoms with Gasteiger partial charge in [-0.05, 0) is 30.4 Å². The van der Waals surface area contributed by atoms with E-state index in [9.17, 15) is 0 Å². The molecule has 0 aromatic carbocycles. The van der Waals surface area contributed by atoms with E-state index in [1.54, 1.807) is 11.3 Å². The van der Waals surface area contributed by atoms with Crippen LogP contribution in [-0.4, -0.2) is 24.1 Å². The van der Waals surface area contributed by atoms with Gasteiger partial charge in [0.2, 0.25) is 0 Å². The van der Waals surface area contributed by atoms with Crippen molar-refractivity contribution in [3.8, 4) is 0 Å². The first-order chi connectivity index (χ1) is 7.84. The number of pyridine rings is 1. The summed E-state index contributed by atoms with van der Waals surface area (Å²) in [7, 11) is 0. The predicted molar refractivity (Wildman–Crippen MR) is 69.0 cm³/mol. The molecule has 0 amide bonds. The number of thiophene rings is 1. The second-order valence-electron chi connectivity index (χ2n) is 4.31. The number of anilines is 1. The van der Waals surface area contributed by atoms with Crippen molar-refractivity contribution in [1.29, 1.82) is 0 Å². The van der Waals surface area contributed by atoms with Gasteiger partial charge in [-0.3, -0.25) is 4.98 Å². The molecule has 3 nitrogen and oxygen atoms in total. The van der Waals surface area contributed by atoms with Crippen molar-refractivity contribution in [1.82, 2.24) is 4.98 Å². The van der Waals surface area contributed by atoms with Gasteiger partial charge in [0.05, 0.1) is 15.9 Å². The maximum atomic E-state index is 6.03. The first-order valence-electron chi connectivity index (χ1n) is 5.67. The maximum absolute atomic E-state index is 6.03. The average molecular weight is 233 g/mol. The van der Waals surface area contributed by atoms with Gasteiger partial charge in [0, 0.05) is 25.3 Å². The molecule has 1 aliphatic heterocycles. The Morgan fingerprint density at radius 3 is 3.25 bits per heavy atom. The van der Waals surface area contributed by atoms with E-state index in [1.165, 1.54) is 16.8 Å². The fourth-order valence-electron chi connectivity index (χ4n) is 2.34. The molecular formula is C12H15N3S. The first kappa shape index (κ1) is 10.1. The minimum Gasteiger partial charge on any atom is -0.369 e. The highest BCUT2D eigenvalue weighted by atomic mass is 32.1. The molecule has 0 radical (unpaired) electrons. The molecule has 0 spiro atoms. The Hall–Kier alpha value is -1.13. The van der Waals surface area contributed by atoms with Crippen LogP contribution in [0, 0.1) is 0 Å². The van der Waals surface area contributed by atoms with Crippen LogP contribution in [0.3, 0.4) is 0 Å². The lowest BCUT2D eigenvalue weighted by atomic mass is 10.1. The van der Waals surface area contributed by atoms with Crippen LogP contribution >= 0.6 is 11.3 Å². The van der Waals surface area contributed by atoms with Crippen molar-refractivity contribution in [3.05, 3.63) is 23.7 Å². The topological polar surface area (TPSA) is 42.1 Å². The van der Waals surface area contributed by atoms with Gasteiger partial charge in [-0.2, -0.15) is 0 Å². The summed E-state index contributed by atoms with van der Waals surface area (Å²) >= 11 is 1.76. The zero-order chi connectivity index (χ0) is 11.0. The fraction of sp³-hybridized carbons (Fsp3) is 0.417. The van der Waals surface area contributed by atoms with Gasteiger partial charge >= 0.3 is 0 Å². The number of nitrogens with zero attached hydrogens (tertiary/aromatic N) is 2.